The average molecular weight is 261 g/mol. The van der Waals surface area contributed by atoms with E-state index in [2.05, 4.69) is 5.32 Å². The van der Waals surface area contributed by atoms with Gasteiger partial charge in [0.25, 0.3) is 0 Å². The number of hydrogen-bond acceptors (Lipinski definition) is 2. The molecule has 1 unspecified atom stereocenters. The lowest BCUT2D eigenvalue weighted by Crippen LogP contribution is -2.39. The van der Waals surface area contributed by atoms with E-state index in [9.17, 15) is 9.18 Å². The molecule has 5 heteroatoms. The lowest BCUT2D eigenvalue weighted by molar-refractivity contribution is -0.118. The van der Waals surface area contributed by atoms with Crippen LogP contribution in [0.4, 0.5) is 10.1 Å². The van der Waals surface area contributed by atoms with E-state index in [0.717, 1.165) is 5.56 Å². The lowest BCUT2D eigenvalue weighted by atomic mass is 10.0. The van der Waals surface area contributed by atoms with E-state index in [-0.39, 0.29) is 30.0 Å². The number of nitrogens with two attached hydrogens (primary N) is 1. The van der Waals surface area contributed by atoms with Crippen molar-refractivity contribution >= 4 is 24.0 Å². The first kappa shape index (κ1) is 15.9. The normalized spacial score (nSPS) is 11.9. The molecule has 0 heterocycles. The van der Waals surface area contributed by atoms with Gasteiger partial charge in [-0.15, -0.1) is 12.4 Å². The second-order valence-corrected chi connectivity index (χ2v) is 4.22. The van der Waals surface area contributed by atoms with Gasteiger partial charge in [0.2, 0.25) is 5.91 Å². The molecule has 0 spiro atoms. The van der Waals surface area contributed by atoms with Gasteiger partial charge in [0, 0.05) is 5.69 Å². The first-order valence-electron chi connectivity index (χ1n) is 5.24. The number of nitrogens with one attached hydrogen (secondary N) is 1. The molecule has 96 valence electrons. The molecule has 1 atom stereocenters. The third kappa shape index (κ3) is 4.32. The molecular formula is C12H18ClFN2O. The lowest BCUT2D eigenvalue weighted by Gasteiger charge is -2.16. The van der Waals surface area contributed by atoms with E-state index in [1.54, 1.807) is 13.0 Å². The Morgan fingerprint density at radius 3 is 2.53 bits per heavy atom. The predicted octanol–water partition coefficient (Wildman–Crippen LogP) is 2.48. The second kappa shape index (κ2) is 6.57. The summed E-state index contributed by atoms with van der Waals surface area (Å²) in [5, 5.41) is 2.63. The van der Waals surface area contributed by atoms with Crippen molar-refractivity contribution in [3.8, 4) is 0 Å². The van der Waals surface area contributed by atoms with Crippen LogP contribution in [0.3, 0.4) is 0 Å². The molecule has 3 N–H and O–H groups in total. The summed E-state index contributed by atoms with van der Waals surface area (Å²) in [6, 6.07) is 3.68. The maximum Gasteiger partial charge on any atom is 0.241 e. The number of halogens is 2. The van der Waals surface area contributed by atoms with Crippen molar-refractivity contribution in [2.24, 2.45) is 11.7 Å². The highest BCUT2D eigenvalue weighted by atomic mass is 35.5. The zero-order valence-electron chi connectivity index (χ0n) is 10.2. The minimum absolute atomic E-state index is 0. The van der Waals surface area contributed by atoms with Gasteiger partial charge in [0.05, 0.1) is 6.04 Å². The van der Waals surface area contributed by atoms with Gasteiger partial charge in [0.15, 0.2) is 0 Å². The van der Waals surface area contributed by atoms with Crippen LogP contribution in [0.5, 0.6) is 0 Å². The van der Waals surface area contributed by atoms with Crippen LogP contribution in [0.25, 0.3) is 0 Å². The van der Waals surface area contributed by atoms with E-state index in [1.165, 1.54) is 12.1 Å². The van der Waals surface area contributed by atoms with Crippen LogP contribution >= 0.6 is 12.4 Å². The van der Waals surface area contributed by atoms with E-state index >= 15 is 0 Å². The fourth-order valence-corrected chi connectivity index (χ4v) is 1.25. The van der Waals surface area contributed by atoms with Crippen LogP contribution in [0, 0.1) is 18.7 Å². The first-order valence-corrected chi connectivity index (χ1v) is 5.24. The smallest absolute Gasteiger partial charge is 0.241 e. The standard InChI is InChI=1S/C12H17FN2O.ClH/c1-7(2)11(14)12(16)15-10-6-9(13)5-4-8(10)3;/h4-7,11H,14H2,1-3H3,(H,15,16);1H. The Balaban J connectivity index is 0.00000256. The molecule has 0 fully saturated rings. The fraction of sp³-hybridized carbons (Fsp3) is 0.417. The summed E-state index contributed by atoms with van der Waals surface area (Å²) in [6.07, 6.45) is 0. The van der Waals surface area contributed by atoms with Gasteiger partial charge in [-0.05, 0) is 30.5 Å². The molecule has 0 bridgehead atoms. The van der Waals surface area contributed by atoms with Crippen LogP contribution in [-0.4, -0.2) is 11.9 Å². The molecule has 3 nitrogen and oxygen atoms in total. The van der Waals surface area contributed by atoms with Crippen LogP contribution < -0.4 is 11.1 Å². The largest absolute Gasteiger partial charge is 0.324 e. The number of rotatable bonds is 3. The van der Waals surface area contributed by atoms with Crippen molar-refractivity contribution in [3.63, 3.8) is 0 Å². The molecular weight excluding hydrogens is 243 g/mol. The summed E-state index contributed by atoms with van der Waals surface area (Å²) < 4.78 is 13.0. The maximum absolute atomic E-state index is 13.0. The summed E-state index contributed by atoms with van der Waals surface area (Å²) in [4.78, 5) is 11.7. The Morgan fingerprint density at radius 1 is 1.41 bits per heavy atom. The number of amides is 1. The van der Waals surface area contributed by atoms with Gasteiger partial charge in [-0.3, -0.25) is 4.79 Å². The number of anilines is 1. The molecule has 17 heavy (non-hydrogen) atoms. The van der Waals surface area contributed by atoms with E-state index in [4.69, 9.17) is 5.73 Å². The van der Waals surface area contributed by atoms with Crippen LogP contribution in [0.2, 0.25) is 0 Å². The minimum Gasteiger partial charge on any atom is -0.324 e. The number of aryl methyl sites for hydroxylation is 1. The van der Waals surface area contributed by atoms with Gasteiger partial charge in [-0.2, -0.15) is 0 Å². The molecule has 0 aliphatic heterocycles. The third-order valence-electron chi connectivity index (χ3n) is 2.48. The number of carbonyl (C=O) groups excluding carboxylic acids is 1. The molecule has 1 rings (SSSR count). The van der Waals surface area contributed by atoms with Crippen molar-refractivity contribution in [2.75, 3.05) is 5.32 Å². The maximum atomic E-state index is 13.0. The average Bonchev–Trinajstić information content (AvgIpc) is 2.22. The van der Waals surface area contributed by atoms with Crippen molar-refractivity contribution in [3.05, 3.63) is 29.6 Å². The molecule has 0 radical (unpaired) electrons. The quantitative estimate of drug-likeness (QED) is 0.877. The van der Waals surface area contributed by atoms with E-state index in [0.29, 0.717) is 5.69 Å². The molecule has 1 aromatic rings. The zero-order valence-corrected chi connectivity index (χ0v) is 11.0. The number of carbonyl (C=O) groups is 1. The Bertz CT molecular complexity index is 396. The predicted molar refractivity (Wildman–Crippen MR) is 69.8 cm³/mol. The fourth-order valence-electron chi connectivity index (χ4n) is 1.25. The molecule has 0 aliphatic rings. The summed E-state index contributed by atoms with van der Waals surface area (Å²) >= 11 is 0. The molecule has 1 aromatic carbocycles. The van der Waals surface area contributed by atoms with Gasteiger partial charge in [-0.1, -0.05) is 19.9 Å². The van der Waals surface area contributed by atoms with Crippen LogP contribution in [0.1, 0.15) is 19.4 Å². The topological polar surface area (TPSA) is 55.1 Å². The van der Waals surface area contributed by atoms with Gasteiger partial charge in [-0.25, -0.2) is 4.39 Å². The van der Waals surface area contributed by atoms with Gasteiger partial charge >= 0.3 is 0 Å². The Labute approximate surface area is 107 Å². The van der Waals surface area contributed by atoms with Crippen LogP contribution in [-0.2, 0) is 4.79 Å². The van der Waals surface area contributed by atoms with Gasteiger partial charge in [0.1, 0.15) is 5.82 Å². The highest BCUT2D eigenvalue weighted by Crippen LogP contribution is 2.16. The SMILES string of the molecule is Cc1ccc(F)cc1NC(=O)C(N)C(C)C.Cl. The first-order chi connectivity index (χ1) is 7.41. The Kier molecular flexibility index (Phi) is 6.13. The summed E-state index contributed by atoms with van der Waals surface area (Å²) in [6.45, 7) is 5.53. The van der Waals surface area contributed by atoms with Crippen molar-refractivity contribution < 1.29 is 9.18 Å². The highest BCUT2D eigenvalue weighted by Gasteiger charge is 2.17. The van der Waals surface area contributed by atoms with Crippen molar-refractivity contribution in [1.82, 2.24) is 0 Å². The van der Waals surface area contributed by atoms with Crippen molar-refractivity contribution in [1.29, 1.82) is 0 Å². The van der Waals surface area contributed by atoms with Crippen LogP contribution in [0.15, 0.2) is 18.2 Å². The summed E-state index contributed by atoms with van der Waals surface area (Å²) in [7, 11) is 0. The minimum atomic E-state index is -0.581. The number of hydrogen-bond donors (Lipinski definition) is 2. The monoisotopic (exact) mass is 260 g/mol. The Hall–Kier alpha value is -1.13. The van der Waals surface area contributed by atoms with Crippen molar-refractivity contribution in [2.45, 2.75) is 26.8 Å². The molecule has 0 aromatic heterocycles. The molecule has 0 aliphatic carbocycles. The van der Waals surface area contributed by atoms with Gasteiger partial charge < -0.3 is 11.1 Å². The molecule has 0 saturated heterocycles. The third-order valence-corrected chi connectivity index (χ3v) is 2.48. The van der Waals surface area contributed by atoms with E-state index in [1.807, 2.05) is 13.8 Å². The molecule has 0 saturated carbocycles. The highest BCUT2D eigenvalue weighted by molar-refractivity contribution is 5.95. The summed E-state index contributed by atoms with van der Waals surface area (Å²) in [5.74, 6) is -0.614. The van der Waals surface area contributed by atoms with E-state index < -0.39 is 6.04 Å². The second-order valence-electron chi connectivity index (χ2n) is 4.22. The zero-order chi connectivity index (χ0) is 12.3. The number of benzene rings is 1. The summed E-state index contributed by atoms with van der Waals surface area (Å²) in [5.41, 5.74) is 6.97. The molecule has 1 amide bonds. The Morgan fingerprint density at radius 2 is 2.00 bits per heavy atom.